The van der Waals surface area contributed by atoms with Crippen molar-refractivity contribution < 1.29 is 33.0 Å². The number of nitrogens with one attached hydrogen (secondary N) is 3. The first-order valence-corrected chi connectivity index (χ1v) is 23.4. The molecule has 3 amide bonds. The Bertz CT molecular complexity index is 2830. The van der Waals surface area contributed by atoms with Crippen LogP contribution in [0.25, 0.3) is 44.7 Å². The van der Waals surface area contributed by atoms with Crippen molar-refractivity contribution in [2.24, 2.45) is 11.8 Å². The summed E-state index contributed by atoms with van der Waals surface area (Å²) in [4.78, 5) is 61.5. The summed E-state index contributed by atoms with van der Waals surface area (Å²) in [6.07, 6.45) is 5.24. The van der Waals surface area contributed by atoms with Crippen LogP contribution in [-0.4, -0.2) is 83.7 Å². The number of aromatic nitrogens is 5. The summed E-state index contributed by atoms with van der Waals surface area (Å²) in [7, 11) is 1.27. The van der Waals surface area contributed by atoms with Crippen molar-refractivity contribution in [3.63, 3.8) is 0 Å². The van der Waals surface area contributed by atoms with Gasteiger partial charge >= 0.3 is 12.2 Å². The van der Waals surface area contributed by atoms with Crippen molar-refractivity contribution in [3.05, 3.63) is 88.1 Å². The molecule has 1 saturated carbocycles. The second kappa shape index (κ2) is 16.1. The monoisotopic (exact) mass is 902 g/mol. The van der Waals surface area contributed by atoms with E-state index < -0.39 is 29.8 Å². The molecule has 7 heterocycles. The number of aromatic amines is 2. The summed E-state index contributed by atoms with van der Waals surface area (Å²) in [5.74, 6) is 1.69. The number of methoxy groups -OCH3 is 1. The fourth-order valence-corrected chi connectivity index (χ4v) is 10.9. The number of likely N-dealkylation sites (tertiary alicyclic amines) is 2. The highest BCUT2D eigenvalue weighted by Gasteiger charge is 2.56. The van der Waals surface area contributed by atoms with Crippen molar-refractivity contribution in [3.8, 4) is 39.5 Å². The molecular weight excluding hydrogens is 848 g/mol. The second-order valence-electron chi connectivity index (χ2n) is 19.5. The fourth-order valence-electron chi connectivity index (χ4n) is 9.87. The molecule has 6 atom stereocenters. The molecule has 16 heteroatoms. The maximum atomic E-state index is 16.9. The number of carbonyl (C=O) groups excluding carboxylic acids is 3. The van der Waals surface area contributed by atoms with Crippen molar-refractivity contribution in [2.75, 3.05) is 13.7 Å². The van der Waals surface area contributed by atoms with E-state index in [1.807, 2.05) is 63.9 Å². The Hall–Kier alpha value is -6.16. The highest BCUT2D eigenvalue weighted by molar-refractivity contribution is 7.12. The van der Waals surface area contributed by atoms with E-state index >= 15 is 4.39 Å². The zero-order valence-corrected chi connectivity index (χ0v) is 38.7. The molecule has 0 bridgehead atoms. The highest BCUT2D eigenvalue weighted by Crippen LogP contribution is 2.54. The molecule has 65 heavy (non-hydrogen) atoms. The van der Waals surface area contributed by atoms with Crippen LogP contribution in [0.4, 0.5) is 14.0 Å². The molecule has 340 valence electrons. The average molecular weight is 903 g/mol. The van der Waals surface area contributed by atoms with Gasteiger partial charge in [-0.15, -0.1) is 11.3 Å². The van der Waals surface area contributed by atoms with E-state index in [0.717, 1.165) is 52.1 Å². The smallest absolute Gasteiger partial charge is 0.411 e. The molecule has 4 aliphatic rings. The van der Waals surface area contributed by atoms with Gasteiger partial charge in [0.25, 0.3) is 0 Å². The quantitative estimate of drug-likeness (QED) is 0.129. The predicted octanol–water partition coefficient (Wildman–Crippen LogP) is 10.5. The van der Waals surface area contributed by atoms with Gasteiger partial charge in [0.2, 0.25) is 12.1 Å². The van der Waals surface area contributed by atoms with Crippen molar-refractivity contribution in [2.45, 2.75) is 116 Å². The lowest BCUT2D eigenvalue weighted by atomic mass is 10.0. The van der Waals surface area contributed by atoms with Crippen molar-refractivity contribution in [1.82, 2.24) is 39.6 Å². The van der Waals surface area contributed by atoms with Gasteiger partial charge in [0.1, 0.15) is 34.9 Å². The number of hydrogen-bond acceptors (Lipinski definition) is 9. The number of piperidine rings is 1. The van der Waals surface area contributed by atoms with E-state index in [-0.39, 0.29) is 36.0 Å². The number of fused-ring (bicyclic) bond motifs is 6. The molecule has 1 aliphatic carbocycles. The van der Waals surface area contributed by atoms with Crippen LogP contribution in [0.2, 0.25) is 0 Å². The van der Waals surface area contributed by atoms with Gasteiger partial charge in [0, 0.05) is 34.0 Å². The molecule has 3 aliphatic heterocycles. The van der Waals surface area contributed by atoms with Crippen LogP contribution in [-0.2, 0) is 14.3 Å². The van der Waals surface area contributed by atoms with Crippen LogP contribution in [0.5, 0.6) is 5.75 Å². The minimum atomic E-state index is -0.761. The van der Waals surface area contributed by atoms with Crippen LogP contribution >= 0.6 is 11.3 Å². The van der Waals surface area contributed by atoms with E-state index in [0.29, 0.717) is 58.9 Å². The average Bonchev–Trinajstić information content (AvgIpc) is 4.02. The van der Waals surface area contributed by atoms with Gasteiger partial charge < -0.3 is 34.4 Å². The summed E-state index contributed by atoms with van der Waals surface area (Å²) in [6, 6.07) is 14.7. The minimum Gasteiger partial charge on any atom is -0.464 e. The maximum Gasteiger partial charge on any atom is 0.411 e. The van der Waals surface area contributed by atoms with Gasteiger partial charge in [-0.25, -0.2) is 23.9 Å². The number of carbonyl (C=O) groups is 3. The number of imidazole rings is 2. The number of ether oxygens (including phenoxy) is 3. The first kappa shape index (κ1) is 42.8. The molecule has 6 unspecified atom stereocenters. The molecule has 2 aromatic carbocycles. The number of thiophene rings is 1. The number of benzene rings is 2. The standard InChI is InChI=1S/C49H55FN8O6S/c1-24(2)39-13-14-40(65-39)46-57-33-12-11-26(31-22-52-44(53-31)37-20-29-18-35(29)58(37)48(61)64-49(5,6)7)16-28(33)19-36(57)41-30(50)17-27(21-38(41)63-46)32-23-51-43(54-32)34-10-9-15-56(34)45(59)42(25(3)4)55-47(60)62-8/h11-14,16-17,19,21-25,29,34-35,37,42,46H,9-10,15,18,20H2,1-8H3,(H,51,54)(H,52,53)(H,55,60). The minimum absolute atomic E-state index is 0.166. The van der Waals surface area contributed by atoms with Gasteiger partial charge in [-0.1, -0.05) is 33.8 Å². The Morgan fingerprint density at radius 3 is 2.37 bits per heavy atom. The molecule has 4 aromatic heterocycles. The molecule has 6 aromatic rings. The van der Waals surface area contributed by atoms with Crippen LogP contribution in [0.3, 0.4) is 0 Å². The van der Waals surface area contributed by atoms with E-state index in [1.165, 1.54) is 18.1 Å². The first-order chi connectivity index (χ1) is 31.1. The molecule has 3 N–H and O–H groups in total. The molecule has 10 rings (SSSR count). The second-order valence-corrected chi connectivity index (χ2v) is 20.6. The molecular formula is C49H55FN8O6S. The topological polar surface area (TPSA) is 160 Å². The zero-order valence-electron chi connectivity index (χ0n) is 37.9. The molecule has 14 nitrogen and oxygen atoms in total. The molecule has 3 fully saturated rings. The maximum absolute atomic E-state index is 16.9. The Morgan fingerprint density at radius 1 is 0.938 bits per heavy atom. The third-order valence-electron chi connectivity index (χ3n) is 13.2. The largest absolute Gasteiger partial charge is 0.464 e. The lowest BCUT2D eigenvalue weighted by Crippen LogP contribution is -2.51. The SMILES string of the molecule is COC(=O)NC(C(=O)N1CCCC1c1ncc(-c2cc(F)c3c(c2)OC(c2ccc(C(C)C)s2)n2c-3cc3cc(-c4cnc(C5CC6CC6N5C(=O)OC(C)(C)C)[nH]4)ccc32)[nH]1)C(C)C. The van der Waals surface area contributed by atoms with Gasteiger partial charge in [-0.05, 0) is 107 Å². The number of halogens is 1. The van der Waals surface area contributed by atoms with Gasteiger partial charge in [-0.3, -0.25) is 14.3 Å². The Morgan fingerprint density at radius 2 is 1.68 bits per heavy atom. The first-order valence-electron chi connectivity index (χ1n) is 22.6. The summed E-state index contributed by atoms with van der Waals surface area (Å²) in [5.41, 5.74) is 4.23. The molecule has 0 spiro atoms. The summed E-state index contributed by atoms with van der Waals surface area (Å²) in [6.45, 7) is 14.3. The third kappa shape index (κ3) is 7.72. The van der Waals surface area contributed by atoms with Gasteiger partial charge in [-0.2, -0.15) is 0 Å². The lowest BCUT2D eigenvalue weighted by Gasteiger charge is -2.30. The van der Waals surface area contributed by atoms with Crippen molar-refractivity contribution in [1.29, 1.82) is 0 Å². The number of hydrogen-bond donors (Lipinski definition) is 3. The van der Waals surface area contributed by atoms with E-state index in [2.05, 4.69) is 58.0 Å². The normalized spacial score (nSPS) is 21.6. The molecule has 0 radical (unpaired) electrons. The Kier molecular flexibility index (Phi) is 10.6. The highest BCUT2D eigenvalue weighted by atomic mass is 32.1. The Labute approximate surface area is 380 Å². The number of H-pyrrole nitrogens is 2. The number of alkyl carbamates (subject to hydrolysis) is 1. The number of amides is 3. The van der Waals surface area contributed by atoms with Crippen LogP contribution < -0.4 is 10.1 Å². The van der Waals surface area contributed by atoms with E-state index in [1.54, 1.807) is 22.4 Å². The van der Waals surface area contributed by atoms with Crippen LogP contribution in [0.1, 0.15) is 120 Å². The van der Waals surface area contributed by atoms with Crippen LogP contribution in [0.15, 0.2) is 60.9 Å². The molecule has 2 saturated heterocycles. The summed E-state index contributed by atoms with van der Waals surface area (Å²) >= 11 is 1.69. The number of rotatable bonds is 9. The summed E-state index contributed by atoms with van der Waals surface area (Å²) in [5, 5.41) is 3.60. The third-order valence-corrected chi connectivity index (χ3v) is 14.6. The predicted molar refractivity (Wildman–Crippen MR) is 245 cm³/mol. The van der Waals surface area contributed by atoms with E-state index in [9.17, 15) is 14.4 Å². The summed E-state index contributed by atoms with van der Waals surface area (Å²) < 4.78 is 36.4. The Balaban J connectivity index is 0.977. The zero-order chi connectivity index (χ0) is 45.6. The van der Waals surface area contributed by atoms with E-state index in [4.69, 9.17) is 24.2 Å². The van der Waals surface area contributed by atoms with Gasteiger partial charge in [0.15, 0.2) is 0 Å². The lowest BCUT2D eigenvalue weighted by molar-refractivity contribution is -0.135. The fraction of sp³-hybridized carbons (Fsp3) is 0.449. The van der Waals surface area contributed by atoms with Crippen molar-refractivity contribution >= 4 is 40.3 Å². The van der Waals surface area contributed by atoms with Gasteiger partial charge in [0.05, 0.1) is 64.6 Å². The van der Waals surface area contributed by atoms with Crippen LogP contribution in [0, 0.1) is 17.7 Å². The number of nitrogens with zero attached hydrogens (tertiary/aromatic N) is 5.